The predicted octanol–water partition coefficient (Wildman–Crippen LogP) is 1.50. The van der Waals surface area contributed by atoms with Crippen LogP contribution in [0.4, 0.5) is 5.69 Å². The van der Waals surface area contributed by atoms with Gasteiger partial charge in [-0.2, -0.15) is 5.10 Å². The molecule has 0 aliphatic rings. The van der Waals surface area contributed by atoms with Gasteiger partial charge in [0.05, 0.1) is 29.5 Å². The molecular weight excluding hydrogens is 346 g/mol. The summed E-state index contributed by atoms with van der Waals surface area (Å²) in [7, 11) is -3.52. The van der Waals surface area contributed by atoms with Gasteiger partial charge in [-0.05, 0) is 36.3 Å². The number of hydrogen-bond donors (Lipinski definition) is 3. The van der Waals surface area contributed by atoms with Gasteiger partial charge in [-0.1, -0.05) is 30.3 Å². The molecule has 0 aliphatic carbocycles. The van der Waals surface area contributed by atoms with Crippen molar-refractivity contribution < 1.29 is 8.42 Å². The molecule has 2 rings (SSSR count). The minimum absolute atomic E-state index is 0.0493. The largest absolute Gasteiger partial charge is 0.375 e. The van der Waals surface area contributed by atoms with E-state index in [0.29, 0.717) is 16.9 Å². The number of nitrogens with zero attached hydrogens (tertiary/aromatic N) is 2. The van der Waals surface area contributed by atoms with Crippen molar-refractivity contribution in [1.29, 1.82) is 0 Å². The van der Waals surface area contributed by atoms with Crippen molar-refractivity contribution in [3.05, 3.63) is 59.4 Å². The van der Waals surface area contributed by atoms with Crippen LogP contribution < -0.4 is 15.9 Å². The van der Waals surface area contributed by atoms with Gasteiger partial charge < -0.3 is 5.73 Å². The molecule has 0 saturated heterocycles. The number of hydrogen-bond acceptors (Lipinski definition) is 5. The van der Waals surface area contributed by atoms with Crippen molar-refractivity contribution in [2.45, 2.75) is 12.7 Å². The van der Waals surface area contributed by atoms with Crippen molar-refractivity contribution in [1.82, 2.24) is 10.4 Å². The van der Waals surface area contributed by atoms with E-state index in [1.165, 1.54) is 12.4 Å². The highest BCUT2D eigenvalue weighted by molar-refractivity contribution is 7.91. The molecule has 1 aromatic heterocycles. The number of thiocarbonyl (C=S) groups is 1. The van der Waals surface area contributed by atoms with Crippen LogP contribution in [0.5, 0.6) is 0 Å². The Labute approximate surface area is 146 Å². The Kier molecular flexibility index (Phi) is 5.83. The van der Waals surface area contributed by atoms with Gasteiger partial charge in [0, 0.05) is 0 Å². The zero-order valence-corrected chi connectivity index (χ0v) is 14.6. The fourth-order valence-electron chi connectivity index (χ4n) is 1.91. The second kappa shape index (κ2) is 7.84. The highest BCUT2D eigenvalue weighted by atomic mass is 32.2. The third-order valence-electron chi connectivity index (χ3n) is 2.97. The summed E-state index contributed by atoms with van der Waals surface area (Å²) in [6, 6.07) is 10.7. The molecule has 0 aliphatic heterocycles. The Morgan fingerprint density at radius 3 is 2.71 bits per heavy atom. The van der Waals surface area contributed by atoms with E-state index in [0.717, 1.165) is 5.56 Å². The molecule has 1 heterocycles. The van der Waals surface area contributed by atoms with E-state index in [9.17, 15) is 8.42 Å². The molecule has 0 bridgehead atoms. The molecule has 0 amide bonds. The predicted molar refractivity (Wildman–Crippen MR) is 99.2 cm³/mol. The topological polar surface area (TPSA) is 109 Å². The molecular formula is C15H17N5O2S2. The summed E-state index contributed by atoms with van der Waals surface area (Å²) >= 11 is 4.63. The van der Waals surface area contributed by atoms with Gasteiger partial charge in [0.15, 0.2) is 5.11 Å². The smallest absolute Gasteiger partial charge is 0.236 e. The van der Waals surface area contributed by atoms with E-state index >= 15 is 0 Å². The number of hydrazone groups is 1. The summed E-state index contributed by atoms with van der Waals surface area (Å²) in [5, 5.41) is 3.85. The van der Waals surface area contributed by atoms with Crippen LogP contribution in [-0.2, 0) is 15.8 Å². The molecule has 0 radical (unpaired) electrons. The normalized spacial score (nSPS) is 11.4. The Morgan fingerprint density at radius 1 is 1.38 bits per heavy atom. The van der Waals surface area contributed by atoms with Crippen LogP contribution in [0.1, 0.15) is 16.8 Å². The molecule has 0 saturated carbocycles. The Bertz CT molecular complexity index is 851. The quantitative estimate of drug-likeness (QED) is 0.408. The fraction of sp³-hybridized carbons (Fsp3) is 0.133. The number of aryl methyl sites for hydroxylation is 1. The number of benzene rings is 1. The highest BCUT2D eigenvalue weighted by Crippen LogP contribution is 2.17. The monoisotopic (exact) mass is 363 g/mol. The number of nitrogens with two attached hydrogens (primary N) is 1. The fourth-order valence-corrected chi connectivity index (χ4v) is 3.22. The summed E-state index contributed by atoms with van der Waals surface area (Å²) in [6.07, 6.45) is 2.88. The van der Waals surface area contributed by atoms with E-state index in [4.69, 9.17) is 5.73 Å². The molecule has 0 fully saturated rings. The van der Waals surface area contributed by atoms with Crippen LogP contribution >= 0.6 is 12.2 Å². The van der Waals surface area contributed by atoms with Crippen molar-refractivity contribution in [2.24, 2.45) is 10.8 Å². The maximum Gasteiger partial charge on any atom is 0.236 e. The van der Waals surface area contributed by atoms with Gasteiger partial charge in [0.25, 0.3) is 0 Å². The summed E-state index contributed by atoms with van der Waals surface area (Å²) in [4.78, 5) is 4.13. The van der Waals surface area contributed by atoms with E-state index in [1.807, 2.05) is 6.07 Å². The lowest BCUT2D eigenvalue weighted by Gasteiger charge is -2.10. The van der Waals surface area contributed by atoms with Gasteiger partial charge in [0.2, 0.25) is 10.0 Å². The third-order valence-corrected chi connectivity index (χ3v) is 4.30. The second-order valence-corrected chi connectivity index (χ2v) is 7.17. The average Bonchev–Trinajstić information content (AvgIpc) is 2.50. The lowest BCUT2D eigenvalue weighted by atomic mass is 10.2. The number of pyridine rings is 1. The van der Waals surface area contributed by atoms with Crippen LogP contribution in [-0.4, -0.2) is 24.7 Å². The minimum atomic E-state index is -3.52. The molecule has 7 nitrogen and oxygen atoms in total. The van der Waals surface area contributed by atoms with Gasteiger partial charge in [-0.15, -0.1) is 0 Å². The SMILES string of the molecule is Cc1cc(C=NNC(N)=S)ncc1NS(=O)(=O)Cc1ccccc1. The number of sulfonamides is 1. The zero-order valence-electron chi connectivity index (χ0n) is 12.9. The van der Waals surface area contributed by atoms with E-state index in [1.54, 1.807) is 37.3 Å². The average molecular weight is 363 g/mol. The molecule has 0 spiro atoms. The molecule has 2 aromatic rings. The summed E-state index contributed by atoms with van der Waals surface area (Å²) < 4.78 is 27.0. The van der Waals surface area contributed by atoms with Gasteiger partial charge in [0.1, 0.15) is 0 Å². The molecule has 0 unspecified atom stereocenters. The van der Waals surface area contributed by atoms with E-state index in [-0.39, 0.29) is 10.9 Å². The summed E-state index contributed by atoms with van der Waals surface area (Å²) in [6.45, 7) is 1.78. The van der Waals surface area contributed by atoms with E-state index < -0.39 is 10.0 Å². The van der Waals surface area contributed by atoms with Gasteiger partial charge in [-0.25, -0.2) is 8.42 Å². The molecule has 126 valence electrons. The van der Waals surface area contributed by atoms with E-state index in [2.05, 4.69) is 32.5 Å². The highest BCUT2D eigenvalue weighted by Gasteiger charge is 2.13. The Balaban J connectivity index is 2.09. The molecule has 24 heavy (non-hydrogen) atoms. The number of rotatable bonds is 6. The van der Waals surface area contributed by atoms with Crippen molar-refractivity contribution in [3.63, 3.8) is 0 Å². The van der Waals surface area contributed by atoms with Crippen molar-refractivity contribution in [2.75, 3.05) is 4.72 Å². The van der Waals surface area contributed by atoms with Gasteiger partial charge in [-0.3, -0.25) is 15.1 Å². The van der Waals surface area contributed by atoms with Crippen LogP contribution in [0.25, 0.3) is 0 Å². The first-order valence-corrected chi connectivity index (χ1v) is 9.01. The first-order valence-electron chi connectivity index (χ1n) is 6.95. The second-order valence-electron chi connectivity index (χ2n) is 5.01. The Morgan fingerprint density at radius 2 is 2.08 bits per heavy atom. The summed E-state index contributed by atoms with van der Waals surface area (Å²) in [5.74, 6) is -0.103. The molecule has 9 heteroatoms. The number of aromatic nitrogens is 1. The van der Waals surface area contributed by atoms with Crippen LogP contribution in [0.15, 0.2) is 47.7 Å². The zero-order chi connectivity index (χ0) is 17.6. The van der Waals surface area contributed by atoms with Crippen LogP contribution in [0.2, 0.25) is 0 Å². The lowest BCUT2D eigenvalue weighted by Crippen LogP contribution is -2.24. The number of nitrogens with one attached hydrogen (secondary N) is 2. The first kappa shape index (κ1) is 17.8. The Hall–Kier alpha value is -2.52. The van der Waals surface area contributed by atoms with Crippen LogP contribution in [0, 0.1) is 6.92 Å². The molecule has 0 atom stereocenters. The first-order chi connectivity index (χ1) is 11.4. The minimum Gasteiger partial charge on any atom is -0.375 e. The standard InChI is InChI=1S/C15H17N5O2S2/c1-11-7-13(8-18-19-15(16)23)17-9-14(11)20-24(21,22)10-12-5-3-2-4-6-12/h2-9,20H,10H2,1H3,(H3,16,19,23). The maximum absolute atomic E-state index is 12.3. The number of anilines is 1. The van der Waals surface area contributed by atoms with Gasteiger partial charge >= 0.3 is 0 Å². The molecule has 4 N–H and O–H groups in total. The van der Waals surface area contributed by atoms with Crippen molar-refractivity contribution in [3.8, 4) is 0 Å². The van der Waals surface area contributed by atoms with Crippen molar-refractivity contribution >= 4 is 39.3 Å². The lowest BCUT2D eigenvalue weighted by molar-refractivity contribution is 0.600. The third kappa shape index (κ3) is 5.60. The maximum atomic E-state index is 12.3. The van der Waals surface area contributed by atoms with Crippen LogP contribution in [0.3, 0.4) is 0 Å². The summed E-state index contributed by atoms with van der Waals surface area (Å²) in [5.41, 5.74) is 10.1. The molecule has 1 aromatic carbocycles.